The van der Waals surface area contributed by atoms with Gasteiger partial charge < -0.3 is 30.2 Å². The first kappa shape index (κ1) is 20.8. The summed E-state index contributed by atoms with van der Waals surface area (Å²) in [5.41, 5.74) is 1.36. The van der Waals surface area contributed by atoms with Gasteiger partial charge in [0.2, 0.25) is 5.88 Å². The minimum Gasteiger partial charge on any atom is -0.497 e. The lowest BCUT2D eigenvalue weighted by molar-refractivity contribution is -0.123. The summed E-state index contributed by atoms with van der Waals surface area (Å²) in [6.45, 7) is 2.47. The van der Waals surface area contributed by atoms with Gasteiger partial charge in [0.05, 0.1) is 26.1 Å². The molecule has 0 saturated carbocycles. The Labute approximate surface area is 163 Å². The molecule has 1 aromatic heterocycles. The molecule has 0 aliphatic carbocycles. The molecular formula is C19H24N4O5. The summed E-state index contributed by atoms with van der Waals surface area (Å²) >= 11 is 0. The monoisotopic (exact) mass is 388 g/mol. The van der Waals surface area contributed by atoms with Crippen LogP contribution >= 0.6 is 0 Å². The van der Waals surface area contributed by atoms with Crippen LogP contribution in [-0.4, -0.2) is 44.3 Å². The van der Waals surface area contributed by atoms with Gasteiger partial charge in [-0.2, -0.15) is 0 Å². The zero-order valence-electron chi connectivity index (χ0n) is 16.1. The van der Waals surface area contributed by atoms with E-state index >= 15 is 0 Å². The van der Waals surface area contributed by atoms with Gasteiger partial charge in [0.25, 0.3) is 5.91 Å². The molecule has 9 nitrogen and oxygen atoms in total. The first-order valence-electron chi connectivity index (χ1n) is 8.66. The van der Waals surface area contributed by atoms with E-state index in [-0.39, 0.29) is 24.4 Å². The zero-order chi connectivity index (χ0) is 20.4. The number of methoxy groups -OCH3 is 2. The highest BCUT2D eigenvalue weighted by Gasteiger charge is 2.07. The van der Waals surface area contributed by atoms with Crippen LogP contribution in [0.1, 0.15) is 12.5 Å². The van der Waals surface area contributed by atoms with E-state index in [0.717, 1.165) is 5.56 Å². The van der Waals surface area contributed by atoms with Crippen molar-refractivity contribution in [2.45, 2.75) is 13.5 Å². The van der Waals surface area contributed by atoms with Crippen molar-refractivity contribution in [3.63, 3.8) is 0 Å². The number of anilines is 1. The normalized spacial score (nSPS) is 9.96. The van der Waals surface area contributed by atoms with E-state index < -0.39 is 0 Å². The van der Waals surface area contributed by atoms with Gasteiger partial charge in [0.15, 0.2) is 6.61 Å². The highest BCUT2D eigenvalue weighted by Crippen LogP contribution is 2.22. The van der Waals surface area contributed by atoms with E-state index in [0.29, 0.717) is 30.3 Å². The molecule has 0 unspecified atom stereocenters. The minimum atomic E-state index is -0.313. The van der Waals surface area contributed by atoms with Crippen molar-refractivity contribution in [3.8, 4) is 17.4 Å². The molecule has 28 heavy (non-hydrogen) atoms. The molecule has 0 fully saturated rings. The summed E-state index contributed by atoms with van der Waals surface area (Å²) < 4.78 is 15.8. The van der Waals surface area contributed by atoms with E-state index in [4.69, 9.17) is 14.2 Å². The Bertz CT molecular complexity index is 773. The number of nitrogens with one attached hydrogen (secondary N) is 3. The molecule has 2 rings (SSSR count). The van der Waals surface area contributed by atoms with Crippen molar-refractivity contribution < 1.29 is 23.8 Å². The molecule has 0 atom stereocenters. The average molecular weight is 388 g/mol. The maximum Gasteiger partial charge on any atom is 0.319 e. The predicted octanol–water partition coefficient (Wildman–Crippen LogP) is 1.94. The van der Waals surface area contributed by atoms with Gasteiger partial charge >= 0.3 is 6.03 Å². The van der Waals surface area contributed by atoms with Crippen LogP contribution in [-0.2, 0) is 11.3 Å². The number of carbonyl (C=O) groups is 2. The second-order valence-corrected chi connectivity index (χ2v) is 5.66. The Hall–Kier alpha value is -3.49. The molecule has 0 saturated heterocycles. The summed E-state index contributed by atoms with van der Waals surface area (Å²) in [6, 6.07) is 8.27. The van der Waals surface area contributed by atoms with E-state index in [1.165, 1.54) is 6.20 Å². The molecule has 3 N–H and O–H groups in total. The number of carbonyl (C=O) groups excluding carboxylic acids is 2. The van der Waals surface area contributed by atoms with Crippen LogP contribution in [0, 0.1) is 0 Å². The molecule has 3 amide bonds. The number of ether oxygens (including phenoxy) is 3. The smallest absolute Gasteiger partial charge is 0.319 e. The first-order valence-corrected chi connectivity index (χ1v) is 8.66. The van der Waals surface area contributed by atoms with Crippen LogP contribution in [0.5, 0.6) is 17.4 Å². The van der Waals surface area contributed by atoms with Crippen LogP contribution in [0.2, 0.25) is 0 Å². The molecular weight excluding hydrogens is 364 g/mol. The summed E-state index contributed by atoms with van der Waals surface area (Å²) in [7, 11) is 3.13. The topological polar surface area (TPSA) is 111 Å². The van der Waals surface area contributed by atoms with Crippen molar-refractivity contribution in [2.24, 2.45) is 0 Å². The fourth-order valence-electron chi connectivity index (χ4n) is 2.24. The average Bonchev–Trinajstić information content (AvgIpc) is 2.71. The summed E-state index contributed by atoms with van der Waals surface area (Å²) in [6.07, 6.45) is 1.45. The number of pyridine rings is 1. The van der Waals surface area contributed by atoms with Gasteiger partial charge in [-0.15, -0.1) is 0 Å². The Morgan fingerprint density at radius 3 is 2.32 bits per heavy atom. The van der Waals surface area contributed by atoms with Gasteiger partial charge in [-0.25, -0.2) is 9.78 Å². The molecule has 0 bridgehead atoms. The molecule has 0 aliphatic rings. The van der Waals surface area contributed by atoms with Gasteiger partial charge in [-0.1, -0.05) is 0 Å². The number of rotatable bonds is 9. The van der Waals surface area contributed by atoms with Crippen molar-refractivity contribution in [2.75, 3.05) is 32.7 Å². The molecule has 1 heterocycles. The van der Waals surface area contributed by atoms with Crippen LogP contribution in [0.3, 0.4) is 0 Å². The fraction of sp³-hybridized carbons (Fsp3) is 0.316. The number of amides is 3. The molecule has 1 aromatic carbocycles. The number of hydrogen-bond acceptors (Lipinski definition) is 6. The van der Waals surface area contributed by atoms with Crippen LogP contribution in [0.4, 0.5) is 10.5 Å². The molecule has 0 aliphatic heterocycles. The van der Waals surface area contributed by atoms with Gasteiger partial charge in [-0.3, -0.25) is 4.79 Å². The molecule has 150 valence electrons. The maximum atomic E-state index is 12.0. The maximum absolute atomic E-state index is 12.0. The zero-order valence-corrected chi connectivity index (χ0v) is 16.1. The second kappa shape index (κ2) is 10.6. The van der Waals surface area contributed by atoms with E-state index in [2.05, 4.69) is 20.9 Å². The van der Waals surface area contributed by atoms with E-state index in [1.807, 2.05) is 19.1 Å². The van der Waals surface area contributed by atoms with Crippen molar-refractivity contribution >= 4 is 17.6 Å². The molecule has 9 heteroatoms. The predicted molar refractivity (Wildman–Crippen MR) is 104 cm³/mol. The molecule has 2 aromatic rings. The third-order valence-electron chi connectivity index (χ3n) is 3.58. The summed E-state index contributed by atoms with van der Waals surface area (Å²) in [5, 5.41) is 7.99. The van der Waals surface area contributed by atoms with Gasteiger partial charge in [0, 0.05) is 25.2 Å². The molecule has 0 radical (unpaired) electrons. The minimum absolute atomic E-state index is 0.183. The summed E-state index contributed by atoms with van der Waals surface area (Å²) in [5.74, 6) is 1.27. The Morgan fingerprint density at radius 1 is 1.04 bits per heavy atom. The lowest BCUT2D eigenvalue weighted by atomic mass is 10.2. The second-order valence-electron chi connectivity index (χ2n) is 5.66. The SMILES string of the molecule is CCNC(=O)Nc1ccc(OCC(=O)NCc2cc(OC)cc(OC)c2)nc1. The van der Waals surface area contributed by atoms with E-state index in [1.54, 1.807) is 32.4 Å². The number of urea groups is 1. The number of hydrogen-bond donors (Lipinski definition) is 3. The highest BCUT2D eigenvalue weighted by molar-refractivity contribution is 5.88. The standard InChI is InChI=1S/C19H24N4O5/c1-4-20-19(25)23-14-5-6-18(22-11-14)28-12-17(24)21-10-13-7-15(26-2)9-16(8-13)27-3/h5-9,11H,4,10,12H2,1-3H3,(H,21,24)(H2,20,23,25). The number of nitrogens with zero attached hydrogens (tertiary/aromatic N) is 1. The van der Waals surface area contributed by atoms with E-state index in [9.17, 15) is 9.59 Å². The van der Waals surface area contributed by atoms with Crippen molar-refractivity contribution in [1.82, 2.24) is 15.6 Å². The fourth-order valence-corrected chi connectivity index (χ4v) is 2.24. The van der Waals surface area contributed by atoms with Gasteiger partial charge in [-0.05, 0) is 30.7 Å². The first-order chi connectivity index (χ1) is 13.5. The third kappa shape index (κ3) is 6.67. The third-order valence-corrected chi connectivity index (χ3v) is 3.58. The Kier molecular flexibility index (Phi) is 7.89. The molecule has 0 spiro atoms. The number of aromatic nitrogens is 1. The lowest BCUT2D eigenvalue weighted by Crippen LogP contribution is -2.29. The van der Waals surface area contributed by atoms with Crippen LogP contribution in [0.25, 0.3) is 0 Å². The van der Waals surface area contributed by atoms with Crippen LogP contribution in [0.15, 0.2) is 36.5 Å². The number of benzene rings is 1. The van der Waals surface area contributed by atoms with Crippen molar-refractivity contribution in [3.05, 3.63) is 42.1 Å². The quantitative estimate of drug-likeness (QED) is 0.605. The highest BCUT2D eigenvalue weighted by atomic mass is 16.5. The Balaban J connectivity index is 1.80. The van der Waals surface area contributed by atoms with Gasteiger partial charge in [0.1, 0.15) is 11.5 Å². The Morgan fingerprint density at radius 2 is 1.75 bits per heavy atom. The summed E-state index contributed by atoms with van der Waals surface area (Å²) in [4.78, 5) is 27.5. The largest absolute Gasteiger partial charge is 0.497 e. The lowest BCUT2D eigenvalue weighted by Gasteiger charge is -2.10. The van der Waals surface area contributed by atoms with Crippen molar-refractivity contribution in [1.29, 1.82) is 0 Å². The van der Waals surface area contributed by atoms with Crippen LogP contribution < -0.4 is 30.2 Å².